The second-order valence-corrected chi connectivity index (χ2v) is 8.92. The first-order chi connectivity index (χ1) is 15.8. The highest BCUT2D eigenvalue weighted by molar-refractivity contribution is 7.80. The molecule has 4 aromatic rings. The van der Waals surface area contributed by atoms with Crippen LogP contribution in [0.3, 0.4) is 0 Å². The molecule has 1 amide bonds. The SMILES string of the molecule is CC[C@@H](C)c1ccc2oc(-c3ccc(Cl)c(NC(=S)NC(=O)c4cccc(Cl)c4)c3)nc2c1. The van der Waals surface area contributed by atoms with Crippen LogP contribution in [-0.2, 0) is 0 Å². The van der Waals surface area contributed by atoms with Crippen molar-refractivity contribution < 1.29 is 9.21 Å². The van der Waals surface area contributed by atoms with Crippen LogP contribution >= 0.6 is 35.4 Å². The Morgan fingerprint density at radius 3 is 2.70 bits per heavy atom. The van der Waals surface area contributed by atoms with E-state index in [0.29, 0.717) is 38.7 Å². The van der Waals surface area contributed by atoms with E-state index in [1.807, 2.05) is 12.1 Å². The smallest absolute Gasteiger partial charge is 0.257 e. The largest absolute Gasteiger partial charge is 0.436 e. The van der Waals surface area contributed by atoms with Gasteiger partial charge in [0.15, 0.2) is 10.7 Å². The van der Waals surface area contributed by atoms with Crippen molar-refractivity contribution in [2.75, 3.05) is 5.32 Å². The number of nitrogens with zero attached hydrogens (tertiary/aromatic N) is 1. The first kappa shape index (κ1) is 23.2. The van der Waals surface area contributed by atoms with Crippen molar-refractivity contribution in [1.82, 2.24) is 10.3 Å². The van der Waals surface area contributed by atoms with E-state index in [0.717, 1.165) is 17.5 Å². The number of oxazole rings is 1. The zero-order chi connectivity index (χ0) is 23.5. The normalized spacial score (nSPS) is 11.9. The lowest BCUT2D eigenvalue weighted by Gasteiger charge is -2.12. The van der Waals surface area contributed by atoms with Gasteiger partial charge >= 0.3 is 0 Å². The molecule has 0 spiro atoms. The Morgan fingerprint density at radius 2 is 1.94 bits per heavy atom. The molecule has 0 saturated heterocycles. The molecule has 1 heterocycles. The Labute approximate surface area is 207 Å². The summed E-state index contributed by atoms with van der Waals surface area (Å²) < 4.78 is 5.96. The molecule has 0 aliphatic heterocycles. The molecule has 0 unspecified atom stereocenters. The molecule has 1 atom stereocenters. The van der Waals surface area contributed by atoms with Gasteiger partial charge in [0.1, 0.15) is 5.52 Å². The molecule has 0 fully saturated rings. The second-order valence-electron chi connectivity index (χ2n) is 7.67. The second kappa shape index (κ2) is 9.91. The Hall–Kier alpha value is -2.93. The summed E-state index contributed by atoms with van der Waals surface area (Å²) >= 11 is 17.6. The molecule has 0 bridgehead atoms. The van der Waals surface area contributed by atoms with Gasteiger partial charge in [0.25, 0.3) is 5.91 Å². The highest BCUT2D eigenvalue weighted by Crippen LogP contribution is 2.31. The highest BCUT2D eigenvalue weighted by Gasteiger charge is 2.14. The van der Waals surface area contributed by atoms with Crippen molar-refractivity contribution in [2.45, 2.75) is 26.2 Å². The number of anilines is 1. The van der Waals surface area contributed by atoms with Crippen LogP contribution in [0.2, 0.25) is 10.0 Å². The molecule has 2 N–H and O–H groups in total. The summed E-state index contributed by atoms with van der Waals surface area (Å²) in [5.74, 6) is 0.544. The molecule has 3 aromatic carbocycles. The van der Waals surface area contributed by atoms with Crippen LogP contribution < -0.4 is 10.6 Å². The van der Waals surface area contributed by atoms with Gasteiger partial charge in [0.05, 0.1) is 10.7 Å². The summed E-state index contributed by atoms with van der Waals surface area (Å²) in [7, 11) is 0. The van der Waals surface area contributed by atoms with Crippen LogP contribution in [0.5, 0.6) is 0 Å². The number of thiocarbonyl (C=S) groups is 1. The highest BCUT2D eigenvalue weighted by atomic mass is 35.5. The van der Waals surface area contributed by atoms with E-state index in [1.54, 1.807) is 36.4 Å². The Balaban J connectivity index is 1.54. The van der Waals surface area contributed by atoms with Crippen LogP contribution in [-0.4, -0.2) is 16.0 Å². The van der Waals surface area contributed by atoms with E-state index < -0.39 is 0 Å². The molecular formula is C25H21Cl2N3O2S. The van der Waals surface area contributed by atoms with E-state index >= 15 is 0 Å². The standard InChI is InChI=1S/C25H21Cl2N3O2S/c1-3-14(2)15-8-10-22-21(12-15)28-24(32-22)17-7-9-19(27)20(13-17)29-25(33)30-23(31)16-5-4-6-18(26)11-16/h4-14H,3H2,1-2H3,(H2,29,30,31,33)/t14-/m1/s1. The fraction of sp³-hybridized carbons (Fsp3) is 0.160. The summed E-state index contributed by atoms with van der Waals surface area (Å²) in [6.07, 6.45) is 1.05. The van der Waals surface area contributed by atoms with Crippen molar-refractivity contribution >= 4 is 63.2 Å². The van der Waals surface area contributed by atoms with Gasteiger partial charge in [-0.3, -0.25) is 10.1 Å². The van der Waals surface area contributed by atoms with Crippen molar-refractivity contribution in [2.24, 2.45) is 0 Å². The predicted molar refractivity (Wildman–Crippen MR) is 138 cm³/mol. The average molecular weight is 498 g/mol. The van der Waals surface area contributed by atoms with Crippen molar-refractivity contribution in [1.29, 1.82) is 0 Å². The third-order valence-corrected chi connectivity index (χ3v) is 6.14. The fourth-order valence-electron chi connectivity index (χ4n) is 3.32. The summed E-state index contributed by atoms with van der Waals surface area (Å²) in [6, 6.07) is 18.0. The Morgan fingerprint density at radius 1 is 1.12 bits per heavy atom. The number of nitrogens with one attached hydrogen (secondary N) is 2. The molecule has 0 aliphatic rings. The molecule has 1 aromatic heterocycles. The van der Waals surface area contributed by atoms with E-state index in [4.69, 9.17) is 39.8 Å². The van der Waals surface area contributed by atoms with Gasteiger partial charge in [-0.15, -0.1) is 0 Å². The molecule has 33 heavy (non-hydrogen) atoms. The van der Waals surface area contributed by atoms with Gasteiger partial charge in [-0.05, 0) is 78.7 Å². The van der Waals surface area contributed by atoms with Crippen molar-refractivity contribution in [3.05, 3.63) is 81.8 Å². The van der Waals surface area contributed by atoms with Gasteiger partial charge in [-0.2, -0.15) is 0 Å². The van der Waals surface area contributed by atoms with Crippen LogP contribution in [0.15, 0.2) is 65.1 Å². The third-order valence-electron chi connectivity index (χ3n) is 5.37. The number of fused-ring (bicyclic) bond motifs is 1. The number of hydrogen-bond acceptors (Lipinski definition) is 4. The van der Waals surface area contributed by atoms with Crippen molar-refractivity contribution in [3.63, 3.8) is 0 Å². The maximum absolute atomic E-state index is 12.4. The average Bonchev–Trinajstić information content (AvgIpc) is 3.23. The molecule has 4 rings (SSSR count). The van der Waals surface area contributed by atoms with Gasteiger partial charge in [0.2, 0.25) is 5.89 Å². The molecule has 0 aliphatic carbocycles. The van der Waals surface area contributed by atoms with Gasteiger partial charge in [0, 0.05) is 16.1 Å². The molecule has 5 nitrogen and oxygen atoms in total. The van der Waals surface area contributed by atoms with E-state index in [1.165, 1.54) is 5.56 Å². The van der Waals surface area contributed by atoms with Gasteiger partial charge in [-0.1, -0.05) is 49.2 Å². The molecular weight excluding hydrogens is 477 g/mol. The lowest BCUT2D eigenvalue weighted by molar-refractivity contribution is 0.0977. The topological polar surface area (TPSA) is 67.2 Å². The van der Waals surface area contributed by atoms with Gasteiger partial charge < -0.3 is 9.73 Å². The van der Waals surface area contributed by atoms with Gasteiger partial charge in [-0.25, -0.2) is 4.98 Å². The summed E-state index contributed by atoms with van der Waals surface area (Å²) in [6.45, 7) is 4.35. The van der Waals surface area contributed by atoms with E-state index in [-0.39, 0.29) is 11.0 Å². The summed E-state index contributed by atoms with van der Waals surface area (Å²) in [5.41, 5.74) is 4.39. The first-order valence-electron chi connectivity index (χ1n) is 10.4. The van der Waals surface area contributed by atoms with Crippen LogP contribution in [0, 0.1) is 0 Å². The summed E-state index contributed by atoms with van der Waals surface area (Å²) in [5, 5.41) is 6.60. The first-order valence-corrected chi connectivity index (χ1v) is 11.6. The lowest BCUT2D eigenvalue weighted by Crippen LogP contribution is -2.34. The lowest BCUT2D eigenvalue weighted by atomic mass is 9.98. The number of hydrogen-bond donors (Lipinski definition) is 2. The molecule has 0 saturated carbocycles. The fourth-order valence-corrected chi connectivity index (χ4v) is 3.88. The number of carbonyl (C=O) groups is 1. The number of rotatable bonds is 5. The number of amides is 1. The predicted octanol–water partition coefficient (Wildman–Crippen LogP) is 7.44. The number of benzene rings is 3. The third kappa shape index (κ3) is 5.36. The summed E-state index contributed by atoms with van der Waals surface area (Å²) in [4.78, 5) is 17.1. The van der Waals surface area contributed by atoms with E-state index in [2.05, 4.69) is 41.6 Å². The minimum Gasteiger partial charge on any atom is -0.436 e. The van der Waals surface area contributed by atoms with Crippen LogP contribution in [0.1, 0.15) is 42.1 Å². The zero-order valence-corrected chi connectivity index (χ0v) is 20.3. The van der Waals surface area contributed by atoms with Crippen LogP contribution in [0.25, 0.3) is 22.6 Å². The quantitative estimate of drug-likeness (QED) is 0.280. The zero-order valence-electron chi connectivity index (χ0n) is 18.0. The number of carbonyl (C=O) groups excluding carboxylic acids is 1. The minimum atomic E-state index is -0.377. The monoisotopic (exact) mass is 497 g/mol. The molecule has 8 heteroatoms. The van der Waals surface area contributed by atoms with Crippen molar-refractivity contribution in [3.8, 4) is 11.5 Å². The van der Waals surface area contributed by atoms with Crippen LogP contribution in [0.4, 0.5) is 5.69 Å². The maximum Gasteiger partial charge on any atom is 0.257 e. The Kier molecular flexibility index (Phi) is 6.98. The number of halogens is 2. The molecule has 168 valence electrons. The Bertz CT molecular complexity index is 1350. The minimum absolute atomic E-state index is 0.106. The number of aromatic nitrogens is 1. The molecule has 0 radical (unpaired) electrons. The maximum atomic E-state index is 12.4. The van der Waals surface area contributed by atoms with E-state index in [9.17, 15) is 4.79 Å².